The molecule has 0 aromatic carbocycles. The highest BCUT2D eigenvalue weighted by molar-refractivity contribution is 7.10. The zero-order valence-corrected chi connectivity index (χ0v) is 12.4. The summed E-state index contributed by atoms with van der Waals surface area (Å²) in [4.78, 5) is 1.51. The number of thiophene rings is 1. The molecule has 1 aliphatic carbocycles. The first-order chi connectivity index (χ1) is 7.98. The molecule has 0 spiro atoms. The maximum absolute atomic E-state index is 3.81. The molecule has 1 saturated carbocycles. The van der Waals surface area contributed by atoms with Crippen molar-refractivity contribution in [3.05, 3.63) is 21.9 Å². The lowest BCUT2D eigenvalue weighted by molar-refractivity contribution is 0.200. The second-order valence-electron chi connectivity index (χ2n) is 6.29. The zero-order valence-electron chi connectivity index (χ0n) is 11.5. The predicted octanol–water partition coefficient (Wildman–Crippen LogP) is 4.68. The fourth-order valence-corrected chi connectivity index (χ4v) is 3.77. The van der Waals surface area contributed by atoms with Crippen molar-refractivity contribution < 1.29 is 0 Å². The largest absolute Gasteiger partial charge is 0.307 e. The van der Waals surface area contributed by atoms with Gasteiger partial charge in [-0.25, -0.2) is 0 Å². The molecule has 0 amide bonds. The summed E-state index contributed by atoms with van der Waals surface area (Å²) in [6.07, 6.45) is 5.39. The van der Waals surface area contributed by atoms with Crippen LogP contribution < -0.4 is 5.32 Å². The Morgan fingerprint density at radius 1 is 1.35 bits per heavy atom. The molecule has 1 atom stereocenters. The Kier molecular flexibility index (Phi) is 3.94. The Hall–Kier alpha value is -0.340. The van der Waals surface area contributed by atoms with Gasteiger partial charge in [-0.05, 0) is 62.0 Å². The molecule has 1 aliphatic rings. The standard InChI is InChI=1S/C15H25NS/c1-11-7-10-17-14(11)12(2)16-13-5-8-15(3,4)9-6-13/h7,10,12-13,16H,5-6,8-9H2,1-4H3. The fourth-order valence-electron chi connectivity index (χ4n) is 2.82. The Bertz CT molecular complexity index is 357. The van der Waals surface area contributed by atoms with Crippen molar-refractivity contribution in [1.29, 1.82) is 0 Å². The zero-order chi connectivity index (χ0) is 12.5. The molecular formula is C15H25NS. The average molecular weight is 251 g/mol. The molecule has 96 valence electrons. The van der Waals surface area contributed by atoms with Gasteiger partial charge in [0.05, 0.1) is 0 Å². The van der Waals surface area contributed by atoms with Gasteiger partial charge in [-0.3, -0.25) is 0 Å². The van der Waals surface area contributed by atoms with Crippen LogP contribution in [0.3, 0.4) is 0 Å². The lowest BCUT2D eigenvalue weighted by Gasteiger charge is -2.36. The molecule has 0 radical (unpaired) electrons. The van der Waals surface area contributed by atoms with Crippen molar-refractivity contribution in [2.45, 2.75) is 65.5 Å². The van der Waals surface area contributed by atoms with Gasteiger partial charge in [-0.2, -0.15) is 0 Å². The van der Waals surface area contributed by atoms with Gasteiger partial charge in [0.15, 0.2) is 0 Å². The highest BCUT2D eigenvalue weighted by atomic mass is 32.1. The second kappa shape index (κ2) is 5.11. The van der Waals surface area contributed by atoms with E-state index in [2.05, 4.69) is 44.5 Å². The molecule has 1 heterocycles. The molecule has 0 bridgehead atoms. The SMILES string of the molecule is Cc1ccsc1C(C)NC1CCC(C)(C)CC1. The topological polar surface area (TPSA) is 12.0 Å². The van der Waals surface area contributed by atoms with Gasteiger partial charge in [-0.15, -0.1) is 11.3 Å². The third-order valence-electron chi connectivity index (χ3n) is 4.12. The first-order valence-corrected chi connectivity index (χ1v) is 7.66. The molecule has 1 aromatic heterocycles. The van der Waals surface area contributed by atoms with E-state index in [4.69, 9.17) is 0 Å². The van der Waals surface area contributed by atoms with Crippen molar-refractivity contribution in [1.82, 2.24) is 5.32 Å². The quantitative estimate of drug-likeness (QED) is 0.822. The van der Waals surface area contributed by atoms with Crippen molar-refractivity contribution in [3.63, 3.8) is 0 Å². The Morgan fingerprint density at radius 2 is 2.00 bits per heavy atom. The van der Waals surface area contributed by atoms with Gasteiger partial charge in [0, 0.05) is 17.0 Å². The highest BCUT2D eigenvalue weighted by Gasteiger charge is 2.27. The molecule has 0 saturated heterocycles. The van der Waals surface area contributed by atoms with E-state index in [1.807, 2.05) is 11.3 Å². The maximum atomic E-state index is 3.81. The average Bonchev–Trinajstić information content (AvgIpc) is 2.68. The van der Waals surface area contributed by atoms with E-state index in [1.165, 1.54) is 36.1 Å². The van der Waals surface area contributed by atoms with Crippen molar-refractivity contribution in [3.8, 4) is 0 Å². The molecule has 2 rings (SSSR count). The van der Waals surface area contributed by atoms with Crippen LogP contribution in [0.25, 0.3) is 0 Å². The monoisotopic (exact) mass is 251 g/mol. The van der Waals surface area contributed by atoms with Crippen LogP contribution in [0.4, 0.5) is 0 Å². The first-order valence-electron chi connectivity index (χ1n) is 6.78. The molecule has 1 nitrogen and oxygen atoms in total. The molecule has 0 aliphatic heterocycles. The third kappa shape index (κ3) is 3.32. The summed E-state index contributed by atoms with van der Waals surface area (Å²) >= 11 is 1.88. The molecule has 1 aromatic rings. The minimum absolute atomic E-state index is 0.515. The molecule has 17 heavy (non-hydrogen) atoms. The van der Waals surface area contributed by atoms with E-state index >= 15 is 0 Å². The van der Waals surface area contributed by atoms with Crippen LogP contribution in [0.15, 0.2) is 11.4 Å². The highest BCUT2D eigenvalue weighted by Crippen LogP contribution is 2.36. The van der Waals surface area contributed by atoms with E-state index in [0.29, 0.717) is 11.5 Å². The first kappa shape index (κ1) is 13.1. The van der Waals surface area contributed by atoms with Crippen LogP contribution in [0.1, 0.15) is 62.9 Å². The van der Waals surface area contributed by atoms with Gasteiger partial charge < -0.3 is 5.32 Å². The van der Waals surface area contributed by atoms with Crippen molar-refractivity contribution in [2.24, 2.45) is 5.41 Å². The molecule has 1 unspecified atom stereocenters. The Balaban J connectivity index is 1.88. The Morgan fingerprint density at radius 3 is 2.53 bits per heavy atom. The second-order valence-corrected chi connectivity index (χ2v) is 7.24. The van der Waals surface area contributed by atoms with Crippen LogP contribution in [-0.4, -0.2) is 6.04 Å². The number of aryl methyl sites for hydroxylation is 1. The minimum atomic E-state index is 0.515. The Labute approximate surface area is 110 Å². The number of nitrogens with one attached hydrogen (secondary N) is 1. The molecular weight excluding hydrogens is 226 g/mol. The number of rotatable bonds is 3. The maximum Gasteiger partial charge on any atom is 0.0390 e. The summed E-state index contributed by atoms with van der Waals surface area (Å²) in [6.45, 7) is 9.32. The summed E-state index contributed by atoms with van der Waals surface area (Å²) < 4.78 is 0. The van der Waals surface area contributed by atoms with Crippen LogP contribution in [0.2, 0.25) is 0 Å². The van der Waals surface area contributed by atoms with Gasteiger partial charge in [0.1, 0.15) is 0 Å². The number of hydrogen-bond donors (Lipinski definition) is 1. The summed E-state index contributed by atoms with van der Waals surface area (Å²) in [6, 6.07) is 3.46. The summed E-state index contributed by atoms with van der Waals surface area (Å²) in [7, 11) is 0. The van der Waals surface area contributed by atoms with Crippen LogP contribution in [0, 0.1) is 12.3 Å². The normalized spacial score (nSPS) is 22.6. The fraction of sp³-hybridized carbons (Fsp3) is 0.733. The van der Waals surface area contributed by atoms with E-state index in [-0.39, 0.29) is 0 Å². The van der Waals surface area contributed by atoms with E-state index in [1.54, 1.807) is 0 Å². The van der Waals surface area contributed by atoms with Crippen LogP contribution in [0.5, 0.6) is 0 Å². The summed E-state index contributed by atoms with van der Waals surface area (Å²) in [5.41, 5.74) is 2.01. The summed E-state index contributed by atoms with van der Waals surface area (Å²) in [5, 5.41) is 6.01. The van der Waals surface area contributed by atoms with Gasteiger partial charge in [0.2, 0.25) is 0 Å². The summed E-state index contributed by atoms with van der Waals surface area (Å²) in [5.74, 6) is 0. The molecule has 2 heteroatoms. The van der Waals surface area contributed by atoms with Crippen LogP contribution in [-0.2, 0) is 0 Å². The smallest absolute Gasteiger partial charge is 0.0390 e. The van der Waals surface area contributed by atoms with E-state index < -0.39 is 0 Å². The van der Waals surface area contributed by atoms with Gasteiger partial charge in [-0.1, -0.05) is 13.8 Å². The van der Waals surface area contributed by atoms with Crippen LogP contribution >= 0.6 is 11.3 Å². The van der Waals surface area contributed by atoms with Crippen molar-refractivity contribution in [2.75, 3.05) is 0 Å². The molecule has 1 fully saturated rings. The van der Waals surface area contributed by atoms with E-state index in [0.717, 1.165) is 6.04 Å². The third-order valence-corrected chi connectivity index (χ3v) is 5.32. The van der Waals surface area contributed by atoms with E-state index in [9.17, 15) is 0 Å². The van der Waals surface area contributed by atoms with Gasteiger partial charge >= 0.3 is 0 Å². The lowest BCUT2D eigenvalue weighted by atomic mass is 9.75. The van der Waals surface area contributed by atoms with Gasteiger partial charge in [0.25, 0.3) is 0 Å². The predicted molar refractivity (Wildman–Crippen MR) is 76.6 cm³/mol. The molecule has 1 N–H and O–H groups in total. The van der Waals surface area contributed by atoms with Crippen molar-refractivity contribution >= 4 is 11.3 Å². The number of hydrogen-bond acceptors (Lipinski definition) is 2. The minimum Gasteiger partial charge on any atom is -0.307 e. The lowest BCUT2D eigenvalue weighted by Crippen LogP contribution is -2.36.